The first-order chi connectivity index (χ1) is 13.7. The van der Waals surface area contributed by atoms with Crippen LogP contribution >= 0.6 is 0 Å². The van der Waals surface area contributed by atoms with Crippen LogP contribution in [0, 0.1) is 5.82 Å². The standard InChI is InChI=1S/C19H18FN5O3/c20-13-4-6-14(7-5-13)27-12-17(26)25-10-2-1-3-16(25)19-24-23-18(28-19)15-11-21-8-9-22-15/h4-9,11,16H,1-3,10,12H2/t16-/m0/s1. The lowest BCUT2D eigenvalue weighted by atomic mass is 10.0. The Hall–Kier alpha value is -3.36. The zero-order chi connectivity index (χ0) is 19.3. The maximum Gasteiger partial charge on any atom is 0.267 e. The second-order valence-electron chi connectivity index (χ2n) is 6.38. The first-order valence-electron chi connectivity index (χ1n) is 8.98. The van der Waals surface area contributed by atoms with E-state index in [1.807, 2.05) is 0 Å². The minimum absolute atomic E-state index is 0.146. The van der Waals surface area contributed by atoms with Crippen molar-refractivity contribution in [2.24, 2.45) is 0 Å². The molecule has 28 heavy (non-hydrogen) atoms. The van der Waals surface area contributed by atoms with Crippen molar-refractivity contribution in [3.8, 4) is 17.3 Å². The van der Waals surface area contributed by atoms with Gasteiger partial charge in [0.25, 0.3) is 11.8 Å². The molecule has 2 aromatic heterocycles. The number of carbonyl (C=O) groups is 1. The first kappa shape index (κ1) is 18.0. The molecule has 1 amide bonds. The van der Waals surface area contributed by atoms with Crippen LogP contribution in [0.5, 0.6) is 5.75 Å². The lowest BCUT2D eigenvalue weighted by Gasteiger charge is -2.33. The average Bonchev–Trinajstić information content (AvgIpc) is 3.24. The van der Waals surface area contributed by atoms with E-state index in [1.165, 1.54) is 30.5 Å². The van der Waals surface area contributed by atoms with Gasteiger partial charge < -0.3 is 14.1 Å². The molecule has 1 fully saturated rings. The summed E-state index contributed by atoms with van der Waals surface area (Å²) >= 11 is 0. The van der Waals surface area contributed by atoms with Gasteiger partial charge in [0, 0.05) is 18.9 Å². The summed E-state index contributed by atoms with van der Waals surface area (Å²) in [6.07, 6.45) is 7.22. The van der Waals surface area contributed by atoms with Crippen LogP contribution in [-0.4, -0.2) is 44.1 Å². The predicted octanol–water partition coefficient (Wildman–Crippen LogP) is 2.80. The number of likely N-dealkylation sites (tertiary alicyclic amines) is 1. The van der Waals surface area contributed by atoms with Gasteiger partial charge in [0.1, 0.15) is 23.3 Å². The fourth-order valence-electron chi connectivity index (χ4n) is 3.13. The molecule has 0 spiro atoms. The fourth-order valence-corrected chi connectivity index (χ4v) is 3.13. The summed E-state index contributed by atoms with van der Waals surface area (Å²) in [5.41, 5.74) is 0.481. The number of ether oxygens (including phenoxy) is 1. The lowest BCUT2D eigenvalue weighted by molar-refractivity contribution is -0.137. The summed E-state index contributed by atoms with van der Waals surface area (Å²) < 4.78 is 24.2. The van der Waals surface area contributed by atoms with Crippen molar-refractivity contribution in [3.05, 3.63) is 54.6 Å². The third-order valence-corrected chi connectivity index (χ3v) is 4.51. The molecular weight excluding hydrogens is 365 g/mol. The Labute approximate surface area is 160 Å². The molecule has 1 saturated heterocycles. The molecule has 0 bridgehead atoms. The van der Waals surface area contributed by atoms with Gasteiger partial charge >= 0.3 is 0 Å². The summed E-state index contributed by atoms with van der Waals surface area (Å²) in [5.74, 6) is 0.531. The van der Waals surface area contributed by atoms with Crippen molar-refractivity contribution in [3.63, 3.8) is 0 Å². The molecule has 3 aromatic rings. The zero-order valence-corrected chi connectivity index (χ0v) is 15.0. The van der Waals surface area contributed by atoms with E-state index >= 15 is 0 Å². The number of aromatic nitrogens is 4. The minimum atomic E-state index is -0.356. The highest BCUT2D eigenvalue weighted by atomic mass is 19.1. The summed E-state index contributed by atoms with van der Waals surface area (Å²) in [6.45, 7) is 0.437. The van der Waals surface area contributed by atoms with E-state index in [4.69, 9.17) is 9.15 Å². The largest absolute Gasteiger partial charge is 0.484 e. The molecule has 8 nitrogen and oxygen atoms in total. The highest BCUT2D eigenvalue weighted by Gasteiger charge is 2.32. The number of nitrogens with zero attached hydrogens (tertiary/aromatic N) is 5. The summed E-state index contributed by atoms with van der Waals surface area (Å²) in [6, 6.07) is 5.24. The van der Waals surface area contributed by atoms with E-state index in [0.29, 0.717) is 23.9 Å². The Morgan fingerprint density at radius 1 is 1.21 bits per heavy atom. The van der Waals surface area contributed by atoms with E-state index in [9.17, 15) is 9.18 Å². The molecule has 0 radical (unpaired) electrons. The van der Waals surface area contributed by atoms with Gasteiger partial charge in [0.05, 0.1) is 6.20 Å². The average molecular weight is 383 g/mol. The SMILES string of the molecule is O=C(COc1ccc(F)cc1)N1CCCC[C@H]1c1nnc(-c2cnccn2)o1. The predicted molar refractivity (Wildman–Crippen MR) is 95.5 cm³/mol. The number of carbonyl (C=O) groups excluding carboxylic acids is 1. The van der Waals surface area contributed by atoms with Crippen LogP contribution in [0.4, 0.5) is 4.39 Å². The van der Waals surface area contributed by atoms with Crippen molar-refractivity contribution in [2.75, 3.05) is 13.2 Å². The van der Waals surface area contributed by atoms with Crippen molar-refractivity contribution < 1.29 is 18.3 Å². The molecule has 9 heteroatoms. The van der Waals surface area contributed by atoms with Gasteiger partial charge in [-0.25, -0.2) is 9.37 Å². The molecule has 0 aliphatic carbocycles. The van der Waals surface area contributed by atoms with Crippen molar-refractivity contribution in [1.82, 2.24) is 25.1 Å². The molecular formula is C19H18FN5O3. The van der Waals surface area contributed by atoms with Crippen LogP contribution < -0.4 is 4.74 Å². The van der Waals surface area contributed by atoms with Gasteiger partial charge in [-0.3, -0.25) is 9.78 Å². The molecule has 1 aliphatic heterocycles. The van der Waals surface area contributed by atoms with E-state index in [-0.39, 0.29) is 30.3 Å². The third kappa shape index (κ3) is 3.98. The van der Waals surface area contributed by atoms with Gasteiger partial charge in [-0.15, -0.1) is 10.2 Å². The van der Waals surface area contributed by atoms with E-state index < -0.39 is 0 Å². The third-order valence-electron chi connectivity index (χ3n) is 4.51. The van der Waals surface area contributed by atoms with Gasteiger partial charge in [-0.2, -0.15) is 0 Å². The molecule has 3 heterocycles. The normalized spacial score (nSPS) is 16.8. The van der Waals surface area contributed by atoms with Gasteiger partial charge in [-0.05, 0) is 43.5 Å². The summed E-state index contributed by atoms with van der Waals surface area (Å²) in [5, 5.41) is 8.15. The second kappa shape index (κ2) is 8.12. The quantitative estimate of drug-likeness (QED) is 0.669. The van der Waals surface area contributed by atoms with Crippen LogP contribution in [0.3, 0.4) is 0 Å². The number of benzene rings is 1. The van der Waals surface area contributed by atoms with Crippen LogP contribution in [0.2, 0.25) is 0 Å². The maximum absolute atomic E-state index is 13.0. The first-order valence-corrected chi connectivity index (χ1v) is 8.98. The molecule has 144 valence electrons. The summed E-state index contributed by atoms with van der Waals surface area (Å²) in [7, 11) is 0. The summed E-state index contributed by atoms with van der Waals surface area (Å²) in [4.78, 5) is 22.5. The molecule has 0 N–H and O–H groups in total. The Kier molecular flexibility index (Phi) is 5.22. The van der Waals surface area contributed by atoms with Gasteiger partial charge in [0.15, 0.2) is 6.61 Å². The number of rotatable bonds is 5. The monoisotopic (exact) mass is 383 g/mol. The Morgan fingerprint density at radius 3 is 2.86 bits per heavy atom. The number of hydrogen-bond acceptors (Lipinski definition) is 7. The molecule has 4 rings (SSSR count). The van der Waals surface area contributed by atoms with Crippen molar-refractivity contribution in [2.45, 2.75) is 25.3 Å². The Balaban J connectivity index is 1.46. The number of halogens is 1. The maximum atomic E-state index is 13.0. The Morgan fingerprint density at radius 2 is 2.07 bits per heavy atom. The molecule has 1 aromatic carbocycles. The van der Waals surface area contributed by atoms with Gasteiger partial charge in [-0.1, -0.05) is 0 Å². The van der Waals surface area contributed by atoms with Crippen LogP contribution in [0.25, 0.3) is 11.6 Å². The molecule has 1 aliphatic rings. The molecule has 0 saturated carbocycles. The fraction of sp³-hybridized carbons (Fsp3) is 0.316. The van der Waals surface area contributed by atoms with E-state index in [0.717, 1.165) is 19.3 Å². The second-order valence-corrected chi connectivity index (χ2v) is 6.38. The highest BCUT2D eigenvalue weighted by molar-refractivity contribution is 5.78. The Bertz CT molecular complexity index is 932. The van der Waals surface area contributed by atoms with E-state index in [2.05, 4.69) is 20.2 Å². The topological polar surface area (TPSA) is 94.2 Å². The van der Waals surface area contributed by atoms with E-state index in [1.54, 1.807) is 17.3 Å². The highest BCUT2D eigenvalue weighted by Crippen LogP contribution is 2.31. The van der Waals surface area contributed by atoms with Crippen molar-refractivity contribution in [1.29, 1.82) is 0 Å². The van der Waals surface area contributed by atoms with Crippen LogP contribution in [0.15, 0.2) is 47.3 Å². The number of piperidine rings is 1. The van der Waals surface area contributed by atoms with Crippen molar-refractivity contribution >= 4 is 5.91 Å². The number of amides is 1. The lowest BCUT2D eigenvalue weighted by Crippen LogP contribution is -2.41. The smallest absolute Gasteiger partial charge is 0.267 e. The van der Waals surface area contributed by atoms with Crippen LogP contribution in [-0.2, 0) is 4.79 Å². The zero-order valence-electron chi connectivity index (χ0n) is 15.0. The van der Waals surface area contributed by atoms with Gasteiger partial charge in [0.2, 0.25) is 5.89 Å². The van der Waals surface area contributed by atoms with Crippen LogP contribution in [0.1, 0.15) is 31.2 Å². The molecule has 1 atom stereocenters. The molecule has 0 unspecified atom stereocenters. The number of hydrogen-bond donors (Lipinski definition) is 0. The minimum Gasteiger partial charge on any atom is -0.484 e.